The zero-order valence-corrected chi connectivity index (χ0v) is 40.6. The minimum atomic E-state index is -0.728. The highest BCUT2D eigenvalue weighted by atomic mass is 16.8. The number of hydrogen-bond acceptors (Lipinski definition) is 20. The van der Waals surface area contributed by atoms with E-state index in [4.69, 9.17) is 34.3 Å². The van der Waals surface area contributed by atoms with Gasteiger partial charge in [-0.1, -0.05) is 69.8 Å². The van der Waals surface area contributed by atoms with Gasteiger partial charge in [-0.2, -0.15) is 0 Å². The molecule has 384 valence electrons. The lowest BCUT2D eigenvalue weighted by Crippen LogP contribution is -2.22. The number of rotatable bonds is 16. The number of aliphatic hydroxyl groups excluding tert-OH is 2. The molecule has 0 radical (unpaired) electrons. The second-order valence-electron chi connectivity index (χ2n) is 14.7. The summed E-state index contributed by atoms with van der Waals surface area (Å²) in [6.07, 6.45) is -2.11. The first-order chi connectivity index (χ1) is 32.7. The van der Waals surface area contributed by atoms with E-state index in [2.05, 4.69) is 63.2 Å². The third-order valence-electron chi connectivity index (χ3n) is 7.32. The average Bonchev–Trinajstić information content (AvgIpc) is 3.93. The molecule has 2 fully saturated rings. The Balaban J connectivity index is 0. The van der Waals surface area contributed by atoms with Crippen molar-refractivity contribution in [2.45, 2.75) is 79.8 Å². The average molecular weight is 985 g/mol. The maximum atomic E-state index is 11.0. The van der Waals surface area contributed by atoms with Crippen molar-refractivity contribution in [2.75, 3.05) is 39.6 Å². The molecule has 0 aromatic heterocycles. The van der Waals surface area contributed by atoms with Crippen LogP contribution in [-0.2, 0) is 78.1 Å². The molecule has 4 rings (SSSR count). The van der Waals surface area contributed by atoms with E-state index in [1.54, 1.807) is 41.5 Å². The van der Waals surface area contributed by atoms with Crippen LogP contribution in [0.25, 0.3) is 0 Å². The summed E-state index contributed by atoms with van der Waals surface area (Å²) in [6, 6.07) is 15.5. The van der Waals surface area contributed by atoms with Crippen LogP contribution in [0.4, 0.5) is 4.79 Å². The van der Waals surface area contributed by atoms with Crippen molar-refractivity contribution in [3.05, 3.63) is 133 Å². The van der Waals surface area contributed by atoms with Crippen LogP contribution in [0.5, 0.6) is 11.5 Å². The van der Waals surface area contributed by atoms with E-state index >= 15 is 0 Å². The number of benzene rings is 2. The van der Waals surface area contributed by atoms with Crippen molar-refractivity contribution < 1.29 is 96.3 Å². The van der Waals surface area contributed by atoms with Crippen LogP contribution in [0, 0.1) is 0 Å². The lowest BCUT2D eigenvalue weighted by atomic mass is 10.2. The molecule has 0 aliphatic carbocycles. The highest BCUT2D eigenvalue weighted by Crippen LogP contribution is 2.17. The van der Waals surface area contributed by atoms with Gasteiger partial charge < -0.3 is 58.0 Å². The van der Waals surface area contributed by atoms with E-state index in [1.165, 1.54) is 31.2 Å². The number of esters is 7. The van der Waals surface area contributed by atoms with Gasteiger partial charge >= 0.3 is 47.9 Å². The van der Waals surface area contributed by atoms with Crippen LogP contribution in [-0.4, -0.2) is 121 Å². The van der Waals surface area contributed by atoms with Crippen LogP contribution >= 0.6 is 0 Å². The third kappa shape index (κ3) is 32.8. The van der Waals surface area contributed by atoms with Gasteiger partial charge in [0.25, 0.3) is 0 Å². The van der Waals surface area contributed by atoms with Crippen molar-refractivity contribution in [2.24, 2.45) is 0 Å². The molecule has 70 heavy (non-hydrogen) atoms. The fraction of sp³-hybridized carbons (Fsp3) is 0.360. The molecule has 2 heterocycles. The summed E-state index contributed by atoms with van der Waals surface area (Å²) in [6.45, 7) is 32.1. The van der Waals surface area contributed by atoms with Gasteiger partial charge in [-0.15, -0.1) is 0 Å². The van der Waals surface area contributed by atoms with Gasteiger partial charge in [0.15, 0.2) is 6.10 Å². The van der Waals surface area contributed by atoms with Gasteiger partial charge in [-0.3, -0.25) is 0 Å². The predicted octanol–water partition coefficient (Wildman–Crippen LogP) is 5.83. The molecule has 2 aromatic rings. The molecular formula is C50H64O20. The number of carbonyl (C=O) groups is 8. The second kappa shape index (κ2) is 36.2. The largest absolute Gasteiger partial charge is 0.508 e. The number of phenolic OH excluding ortho intramolecular Hbond substituents is 1. The molecule has 20 nitrogen and oxygen atoms in total. The van der Waals surface area contributed by atoms with Crippen molar-refractivity contribution in [3.63, 3.8) is 0 Å². The molecule has 2 aliphatic heterocycles. The van der Waals surface area contributed by atoms with Gasteiger partial charge in [0, 0.05) is 39.9 Å². The van der Waals surface area contributed by atoms with Gasteiger partial charge in [0.2, 0.25) is 6.10 Å². The maximum Gasteiger partial charge on any atom is 0.508 e. The van der Waals surface area contributed by atoms with E-state index in [0.717, 1.165) is 5.56 Å². The van der Waals surface area contributed by atoms with Gasteiger partial charge in [-0.05, 0) is 78.3 Å². The Morgan fingerprint density at radius 2 is 1.14 bits per heavy atom. The fourth-order valence-corrected chi connectivity index (χ4v) is 3.69. The molecular weight excluding hydrogens is 921 g/mol. The zero-order chi connectivity index (χ0) is 53.9. The second-order valence-corrected chi connectivity index (χ2v) is 14.7. The fourth-order valence-electron chi connectivity index (χ4n) is 3.69. The summed E-state index contributed by atoms with van der Waals surface area (Å²) in [4.78, 5) is 86.1. The number of cyclic esters (lactones) is 3. The zero-order valence-electron chi connectivity index (χ0n) is 40.6. The summed E-state index contributed by atoms with van der Waals surface area (Å²) >= 11 is 0. The minimum Gasteiger partial charge on any atom is -0.508 e. The van der Waals surface area contributed by atoms with Crippen molar-refractivity contribution >= 4 is 47.9 Å². The van der Waals surface area contributed by atoms with E-state index in [9.17, 15) is 38.4 Å². The highest BCUT2D eigenvalue weighted by Gasteiger charge is 2.30. The molecule has 20 heteroatoms. The molecule has 3 unspecified atom stereocenters. The van der Waals surface area contributed by atoms with Crippen LogP contribution < -0.4 is 4.74 Å². The SMILES string of the molecule is C=C(C)C(=O)OC1CCOC1=O.C=C(C)C(=O)OCC(C)O.C=C(C)C(=O)OCC1COC(=O)O1.C=C(C)C(=O)OCCO.C=C(C)C(=O)OCc1ccccc1.C=C(C)C(=O)Oc1ccc(O)cc1. The standard InChI is InChI=1S/C11H12O2.C10H10O3.C8H10O5.C8H10O4.C7H12O3.C6H10O3/c1-9(2)11(12)13-8-10-6-4-3-5-7-10;1-7(2)10(12)13-9-5-3-8(11)4-6-9;1-5(2)7(9)11-3-6-4-12-8(10)13-6;1-5(2)7(9)12-6-3-4-11-8(6)10;1-5(2)7(9)10-4-6(3)8;1-5(2)6(8)9-4-3-7/h3-7H,1,8H2,2H3;3-6,11H,1H2,2H3;6H,1,3-4H2,2H3;6H,1,3-4H2,2H3;6,8H,1,4H2,2-3H3;7H,1,3-4H2,2H3. The monoisotopic (exact) mass is 984 g/mol. The molecule has 0 saturated carbocycles. The van der Waals surface area contributed by atoms with Crippen molar-refractivity contribution in [1.29, 1.82) is 0 Å². The summed E-state index contributed by atoms with van der Waals surface area (Å²) < 4.78 is 42.1. The predicted molar refractivity (Wildman–Crippen MR) is 252 cm³/mol. The molecule has 3 atom stereocenters. The normalized spacial score (nSPS) is 13.8. The van der Waals surface area contributed by atoms with Crippen molar-refractivity contribution in [3.8, 4) is 11.5 Å². The number of aliphatic hydroxyl groups is 2. The number of aromatic hydroxyl groups is 1. The quantitative estimate of drug-likeness (QED) is 0.0772. The Bertz CT molecular complexity index is 2120. The highest BCUT2D eigenvalue weighted by molar-refractivity contribution is 5.90. The summed E-state index contributed by atoms with van der Waals surface area (Å²) in [7, 11) is 0. The minimum absolute atomic E-state index is 0.0113. The summed E-state index contributed by atoms with van der Waals surface area (Å²) in [5.74, 6) is -2.70. The van der Waals surface area contributed by atoms with E-state index in [-0.39, 0.29) is 50.3 Å². The van der Waals surface area contributed by atoms with Crippen LogP contribution in [0.1, 0.15) is 60.5 Å². The molecule has 0 bridgehead atoms. The topological polar surface area (TPSA) is 280 Å². The maximum absolute atomic E-state index is 11.0. The molecule has 0 spiro atoms. The van der Waals surface area contributed by atoms with Crippen LogP contribution in [0.2, 0.25) is 0 Å². The molecule has 2 aromatic carbocycles. The number of phenols is 1. The first kappa shape index (κ1) is 64.2. The number of ether oxygens (including phenoxy) is 9. The van der Waals surface area contributed by atoms with E-state index in [0.29, 0.717) is 53.2 Å². The lowest BCUT2D eigenvalue weighted by Gasteiger charge is -2.06. The Morgan fingerprint density at radius 1 is 0.657 bits per heavy atom. The van der Waals surface area contributed by atoms with Crippen LogP contribution in [0.15, 0.2) is 128 Å². The summed E-state index contributed by atoms with van der Waals surface area (Å²) in [5, 5.41) is 25.8. The van der Waals surface area contributed by atoms with E-state index < -0.39 is 60.3 Å². The first-order valence-corrected chi connectivity index (χ1v) is 20.9. The third-order valence-corrected chi connectivity index (χ3v) is 7.32. The Kier molecular flexibility index (Phi) is 33.3. The van der Waals surface area contributed by atoms with Crippen LogP contribution in [0.3, 0.4) is 0 Å². The smallest absolute Gasteiger partial charge is 0.508 e. The Labute approximate surface area is 407 Å². The molecule has 2 aliphatic rings. The van der Waals surface area contributed by atoms with Crippen molar-refractivity contribution in [1.82, 2.24) is 0 Å². The number of carbonyl (C=O) groups excluding carboxylic acids is 8. The Hall–Kier alpha value is -7.84. The lowest BCUT2D eigenvalue weighted by molar-refractivity contribution is -0.157. The van der Waals surface area contributed by atoms with Gasteiger partial charge in [0.05, 0.1) is 19.3 Å². The summed E-state index contributed by atoms with van der Waals surface area (Å²) in [5.41, 5.74) is 3.05. The molecule has 3 N–H and O–H groups in total. The Morgan fingerprint density at radius 3 is 1.57 bits per heavy atom. The van der Waals surface area contributed by atoms with Gasteiger partial charge in [0.1, 0.15) is 44.5 Å². The molecule has 0 amide bonds. The molecule has 2 saturated heterocycles. The van der Waals surface area contributed by atoms with Gasteiger partial charge in [-0.25, -0.2) is 38.4 Å². The number of hydrogen-bond donors (Lipinski definition) is 3. The van der Waals surface area contributed by atoms with E-state index in [1.807, 2.05) is 30.3 Å². The first-order valence-electron chi connectivity index (χ1n) is 20.9.